The zero-order valence-corrected chi connectivity index (χ0v) is 14.5. The molecule has 0 spiro atoms. The first-order chi connectivity index (χ1) is 9.94. The maximum Gasteiger partial charge on any atom is 0.118 e. The summed E-state index contributed by atoms with van der Waals surface area (Å²) in [5, 5.41) is 3.67. The van der Waals surface area contributed by atoms with Crippen molar-refractivity contribution in [1.82, 2.24) is 5.32 Å². The van der Waals surface area contributed by atoms with Gasteiger partial charge in [-0.25, -0.2) is 0 Å². The molecule has 1 atom stereocenters. The quantitative estimate of drug-likeness (QED) is 0.658. The van der Waals surface area contributed by atoms with Crippen molar-refractivity contribution in [2.75, 3.05) is 13.7 Å². The van der Waals surface area contributed by atoms with Crippen molar-refractivity contribution >= 4 is 0 Å². The molecule has 0 amide bonds. The van der Waals surface area contributed by atoms with Crippen LogP contribution in [0.4, 0.5) is 0 Å². The fourth-order valence-electron chi connectivity index (χ4n) is 2.50. The van der Waals surface area contributed by atoms with Crippen LogP contribution in [0, 0.1) is 5.92 Å². The highest BCUT2D eigenvalue weighted by atomic mass is 16.5. The summed E-state index contributed by atoms with van der Waals surface area (Å²) in [7, 11) is 1.72. The van der Waals surface area contributed by atoms with Crippen LogP contribution in [-0.2, 0) is 6.42 Å². The normalized spacial score (nSPS) is 13.2. The van der Waals surface area contributed by atoms with Crippen LogP contribution < -0.4 is 10.1 Å². The molecule has 2 heteroatoms. The van der Waals surface area contributed by atoms with Crippen molar-refractivity contribution in [2.45, 2.75) is 65.3 Å². The fraction of sp³-hybridized carbons (Fsp3) is 0.684. The van der Waals surface area contributed by atoms with E-state index in [2.05, 4.69) is 57.3 Å². The highest BCUT2D eigenvalue weighted by molar-refractivity contribution is 5.27. The minimum atomic E-state index is 0.197. The summed E-state index contributed by atoms with van der Waals surface area (Å²) in [6.45, 7) is 10.1. The first-order valence-electron chi connectivity index (χ1n) is 8.32. The molecule has 0 saturated heterocycles. The van der Waals surface area contributed by atoms with Gasteiger partial charge in [-0.1, -0.05) is 38.3 Å². The molecular formula is C19H33NO. The van der Waals surface area contributed by atoms with Crippen molar-refractivity contribution < 1.29 is 4.74 Å². The van der Waals surface area contributed by atoms with E-state index in [1.165, 1.54) is 31.2 Å². The third-order valence-electron chi connectivity index (χ3n) is 3.82. The summed E-state index contributed by atoms with van der Waals surface area (Å²) >= 11 is 0. The summed E-state index contributed by atoms with van der Waals surface area (Å²) in [5.41, 5.74) is 1.61. The second-order valence-electron chi connectivity index (χ2n) is 7.04. The first-order valence-corrected chi connectivity index (χ1v) is 8.32. The average molecular weight is 291 g/mol. The van der Waals surface area contributed by atoms with Crippen molar-refractivity contribution in [2.24, 2.45) is 5.92 Å². The van der Waals surface area contributed by atoms with Gasteiger partial charge < -0.3 is 10.1 Å². The van der Waals surface area contributed by atoms with Crippen molar-refractivity contribution in [1.29, 1.82) is 0 Å². The fourth-order valence-corrected chi connectivity index (χ4v) is 2.50. The lowest BCUT2D eigenvalue weighted by Crippen LogP contribution is -2.39. The summed E-state index contributed by atoms with van der Waals surface area (Å²) in [6, 6.07) is 8.52. The van der Waals surface area contributed by atoms with Gasteiger partial charge in [-0.3, -0.25) is 0 Å². The smallest absolute Gasteiger partial charge is 0.118 e. The number of rotatable bonds is 9. The van der Waals surface area contributed by atoms with Gasteiger partial charge >= 0.3 is 0 Å². The molecule has 0 radical (unpaired) electrons. The minimum absolute atomic E-state index is 0.197. The van der Waals surface area contributed by atoms with Crippen molar-refractivity contribution in [3.8, 4) is 5.75 Å². The molecule has 0 aromatic heterocycles. The molecule has 1 unspecified atom stereocenters. The lowest BCUT2D eigenvalue weighted by molar-refractivity contribution is 0.349. The highest BCUT2D eigenvalue weighted by Gasteiger charge is 2.14. The molecule has 1 aromatic rings. The van der Waals surface area contributed by atoms with Crippen LogP contribution in [0.25, 0.3) is 0 Å². The molecule has 0 bridgehead atoms. The van der Waals surface area contributed by atoms with E-state index in [1.54, 1.807) is 7.11 Å². The third-order valence-corrected chi connectivity index (χ3v) is 3.82. The lowest BCUT2D eigenvalue weighted by Gasteiger charge is -2.25. The van der Waals surface area contributed by atoms with Gasteiger partial charge in [-0.05, 0) is 63.8 Å². The zero-order valence-electron chi connectivity index (χ0n) is 14.5. The molecule has 0 aliphatic carbocycles. The number of unbranched alkanes of at least 4 members (excludes halogenated alkanes) is 2. The van der Waals surface area contributed by atoms with E-state index >= 15 is 0 Å². The molecule has 120 valence electrons. The standard InChI is InChI=1S/C19H33NO/c1-6-7-8-9-17(15-20-19(2,3)4)14-16-10-12-18(21-5)13-11-16/h10-13,17,20H,6-9,14-15H2,1-5H3. The number of benzene rings is 1. The molecule has 0 heterocycles. The van der Waals surface area contributed by atoms with E-state index in [4.69, 9.17) is 4.74 Å². The van der Waals surface area contributed by atoms with E-state index in [9.17, 15) is 0 Å². The van der Waals surface area contributed by atoms with Crippen LogP contribution in [0.5, 0.6) is 5.75 Å². The lowest BCUT2D eigenvalue weighted by atomic mass is 9.92. The summed E-state index contributed by atoms with van der Waals surface area (Å²) in [4.78, 5) is 0. The van der Waals surface area contributed by atoms with Gasteiger partial charge in [-0.2, -0.15) is 0 Å². The molecule has 0 saturated carbocycles. The monoisotopic (exact) mass is 291 g/mol. The molecule has 2 nitrogen and oxygen atoms in total. The van der Waals surface area contributed by atoms with Gasteiger partial charge in [0, 0.05) is 5.54 Å². The van der Waals surface area contributed by atoms with E-state index in [-0.39, 0.29) is 5.54 Å². The molecule has 0 fully saturated rings. The van der Waals surface area contributed by atoms with Crippen LogP contribution in [0.3, 0.4) is 0 Å². The molecule has 0 aliphatic heterocycles. The number of ether oxygens (including phenoxy) is 1. The van der Waals surface area contributed by atoms with Gasteiger partial charge in [0.05, 0.1) is 7.11 Å². The highest BCUT2D eigenvalue weighted by Crippen LogP contribution is 2.19. The van der Waals surface area contributed by atoms with Gasteiger partial charge in [0.25, 0.3) is 0 Å². The maximum absolute atomic E-state index is 5.23. The van der Waals surface area contributed by atoms with Gasteiger partial charge in [0.1, 0.15) is 5.75 Å². The predicted octanol–water partition coefficient (Wildman–Crippen LogP) is 4.82. The Morgan fingerprint density at radius 3 is 2.29 bits per heavy atom. The van der Waals surface area contributed by atoms with E-state index in [0.29, 0.717) is 5.92 Å². The second-order valence-corrected chi connectivity index (χ2v) is 7.04. The zero-order chi connectivity index (χ0) is 15.7. The molecule has 21 heavy (non-hydrogen) atoms. The summed E-state index contributed by atoms with van der Waals surface area (Å²) in [6.07, 6.45) is 6.43. The molecule has 1 aromatic carbocycles. The van der Waals surface area contributed by atoms with Crippen molar-refractivity contribution in [3.63, 3.8) is 0 Å². The van der Waals surface area contributed by atoms with E-state index in [1.807, 2.05) is 0 Å². The summed E-state index contributed by atoms with van der Waals surface area (Å²) < 4.78 is 5.23. The Kier molecular flexibility index (Phi) is 7.81. The van der Waals surface area contributed by atoms with Crippen LogP contribution in [-0.4, -0.2) is 19.2 Å². The predicted molar refractivity (Wildman–Crippen MR) is 92.1 cm³/mol. The molecule has 1 N–H and O–H groups in total. The second kappa shape index (κ2) is 9.09. The van der Waals surface area contributed by atoms with Crippen LogP contribution in [0.2, 0.25) is 0 Å². The van der Waals surface area contributed by atoms with E-state index < -0.39 is 0 Å². The van der Waals surface area contributed by atoms with E-state index in [0.717, 1.165) is 18.7 Å². The molecule has 1 rings (SSSR count). The summed E-state index contributed by atoms with van der Waals surface area (Å²) in [5.74, 6) is 1.65. The topological polar surface area (TPSA) is 21.3 Å². The Morgan fingerprint density at radius 2 is 1.76 bits per heavy atom. The number of hydrogen-bond donors (Lipinski definition) is 1. The Bertz CT molecular complexity index is 378. The Balaban J connectivity index is 2.56. The maximum atomic E-state index is 5.23. The molecular weight excluding hydrogens is 258 g/mol. The Hall–Kier alpha value is -1.02. The van der Waals surface area contributed by atoms with Crippen LogP contribution in [0.15, 0.2) is 24.3 Å². The van der Waals surface area contributed by atoms with Gasteiger partial charge in [0.2, 0.25) is 0 Å². The number of nitrogens with one attached hydrogen (secondary N) is 1. The third kappa shape index (κ3) is 8.11. The minimum Gasteiger partial charge on any atom is -0.497 e. The van der Waals surface area contributed by atoms with Gasteiger partial charge in [-0.15, -0.1) is 0 Å². The molecule has 0 aliphatic rings. The Labute approximate surface area is 131 Å². The number of methoxy groups -OCH3 is 1. The first kappa shape index (κ1) is 18.0. The van der Waals surface area contributed by atoms with Crippen LogP contribution >= 0.6 is 0 Å². The largest absolute Gasteiger partial charge is 0.497 e. The van der Waals surface area contributed by atoms with Crippen LogP contribution in [0.1, 0.15) is 58.9 Å². The Morgan fingerprint density at radius 1 is 1.10 bits per heavy atom. The van der Waals surface area contributed by atoms with Crippen molar-refractivity contribution in [3.05, 3.63) is 29.8 Å². The van der Waals surface area contributed by atoms with Gasteiger partial charge in [0.15, 0.2) is 0 Å². The average Bonchev–Trinajstić information content (AvgIpc) is 2.45. The number of hydrogen-bond acceptors (Lipinski definition) is 2. The SMILES string of the molecule is CCCCCC(CNC(C)(C)C)Cc1ccc(OC)cc1.